The lowest BCUT2D eigenvalue weighted by Crippen LogP contribution is -2.26. The summed E-state index contributed by atoms with van der Waals surface area (Å²) in [6, 6.07) is 6.11. The van der Waals surface area contributed by atoms with Crippen molar-refractivity contribution in [2.24, 2.45) is 0 Å². The Kier molecular flexibility index (Phi) is 4.35. The average molecular weight is 285 g/mol. The third kappa shape index (κ3) is 3.08. The first-order valence-corrected chi connectivity index (χ1v) is 9.25. The van der Waals surface area contributed by atoms with Gasteiger partial charge in [0.1, 0.15) is 0 Å². The number of piperidine rings is 1. The standard InChI is InChI=1S/C13H19NO2S2/c1-17-12-7-6-10(9-13(12)18(2,15)16)11-5-3-4-8-14-11/h6-7,9,11,14H,3-5,8H2,1-2H3. The molecule has 0 saturated carbocycles. The monoisotopic (exact) mass is 285 g/mol. The van der Waals surface area contributed by atoms with Crippen molar-refractivity contribution < 1.29 is 8.42 Å². The van der Waals surface area contributed by atoms with Gasteiger partial charge in [0, 0.05) is 17.2 Å². The van der Waals surface area contributed by atoms with Crippen LogP contribution in [-0.4, -0.2) is 27.5 Å². The van der Waals surface area contributed by atoms with E-state index in [1.165, 1.54) is 30.9 Å². The molecule has 1 N–H and O–H groups in total. The van der Waals surface area contributed by atoms with Gasteiger partial charge in [-0.3, -0.25) is 0 Å². The fraction of sp³-hybridized carbons (Fsp3) is 0.538. The van der Waals surface area contributed by atoms with Crippen molar-refractivity contribution in [3.05, 3.63) is 23.8 Å². The third-order valence-electron chi connectivity index (χ3n) is 3.30. The molecule has 1 aromatic carbocycles. The van der Waals surface area contributed by atoms with Gasteiger partial charge in [-0.1, -0.05) is 12.5 Å². The van der Waals surface area contributed by atoms with Gasteiger partial charge in [-0.25, -0.2) is 8.42 Å². The van der Waals surface area contributed by atoms with Crippen LogP contribution in [0.5, 0.6) is 0 Å². The summed E-state index contributed by atoms with van der Waals surface area (Å²) in [5.41, 5.74) is 1.09. The van der Waals surface area contributed by atoms with E-state index in [1.54, 1.807) is 0 Å². The Morgan fingerprint density at radius 2 is 2.11 bits per heavy atom. The number of sulfone groups is 1. The van der Waals surface area contributed by atoms with Crippen LogP contribution in [0.2, 0.25) is 0 Å². The van der Waals surface area contributed by atoms with Crippen molar-refractivity contribution in [3.63, 3.8) is 0 Å². The van der Waals surface area contributed by atoms with Gasteiger partial charge in [0.05, 0.1) is 4.90 Å². The molecule has 1 unspecified atom stereocenters. The first-order valence-electron chi connectivity index (χ1n) is 6.14. The van der Waals surface area contributed by atoms with Crippen LogP contribution in [0.1, 0.15) is 30.9 Å². The first kappa shape index (κ1) is 13.9. The predicted molar refractivity (Wildman–Crippen MR) is 75.9 cm³/mol. The van der Waals surface area contributed by atoms with Crippen LogP contribution in [0.4, 0.5) is 0 Å². The molecule has 0 bridgehead atoms. The van der Waals surface area contributed by atoms with Gasteiger partial charge in [0.2, 0.25) is 0 Å². The summed E-state index contributed by atoms with van der Waals surface area (Å²) in [5, 5.41) is 3.45. The van der Waals surface area contributed by atoms with Gasteiger partial charge >= 0.3 is 0 Å². The van der Waals surface area contributed by atoms with Crippen LogP contribution >= 0.6 is 11.8 Å². The van der Waals surface area contributed by atoms with E-state index in [2.05, 4.69) is 5.32 Å². The van der Waals surface area contributed by atoms with Gasteiger partial charge < -0.3 is 5.32 Å². The summed E-state index contributed by atoms with van der Waals surface area (Å²) in [5.74, 6) is 0. The quantitative estimate of drug-likeness (QED) is 0.867. The molecule has 0 spiro atoms. The molecule has 0 amide bonds. The van der Waals surface area contributed by atoms with Crippen LogP contribution < -0.4 is 5.32 Å². The van der Waals surface area contributed by atoms with Crippen molar-refractivity contribution in [3.8, 4) is 0 Å². The molecule has 1 aliphatic heterocycles. The minimum absolute atomic E-state index is 0.301. The van der Waals surface area contributed by atoms with Crippen molar-refractivity contribution in [1.82, 2.24) is 5.32 Å². The second-order valence-corrected chi connectivity index (χ2v) is 7.52. The van der Waals surface area contributed by atoms with Gasteiger partial charge in [-0.2, -0.15) is 0 Å². The van der Waals surface area contributed by atoms with Crippen molar-refractivity contribution >= 4 is 21.6 Å². The summed E-state index contributed by atoms with van der Waals surface area (Å²) in [7, 11) is -3.16. The van der Waals surface area contributed by atoms with Crippen molar-refractivity contribution in [2.75, 3.05) is 19.1 Å². The molecular formula is C13H19NO2S2. The largest absolute Gasteiger partial charge is 0.310 e. The Labute approximate surface area is 113 Å². The maximum Gasteiger partial charge on any atom is 0.176 e. The minimum Gasteiger partial charge on any atom is -0.310 e. The van der Waals surface area contributed by atoms with E-state index in [0.29, 0.717) is 10.9 Å². The normalized spacial score (nSPS) is 20.9. The summed E-state index contributed by atoms with van der Waals surface area (Å²) in [6.45, 7) is 1.02. The molecule has 100 valence electrons. The molecule has 1 heterocycles. The molecule has 0 radical (unpaired) electrons. The molecule has 1 saturated heterocycles. The zero-order chi connectivity index (χ0) is 13.2. The average Bonchev–Trinajstić information content (AvgIpc) is 2.38. The topological polar surface area (TPSA) is 46.2 Å². The Bertz CT molecular complexity index is 520. The lowest BCUT2D eigenvalue weighted by molar-refractivity contribution is 0.411. The number of hydrogen-bond acceptors (Lipinski definition) is 4. The molecule has 0 aliphatic carbocycles. The lowest BCUT2D eigenvalue weighted by atomic mass is 9.98. The molecule has 5 heteroatoms. The van der Waals surface area contributed by atoms with E-state index >= 15 is 0 Å². The van der Waals surface area contributed by atoms with E-state index in [0.717, 1.165) is 23.4 Å². The number of rotatable bonds is 3. The molecule has 1 aromatic rings. The number of benzene rings is 1. The molecule has 2 rings (SSSR count). The third-order valence-corrected chi connectivity index (χ3v) is 5.36. The molecule has 3 nitrogen and oxygen atoms in total. The maximum absolute atomic E-state index is 11.8. The lowest BCUT2D eigenvalue weighted by Gasteiger charge is -2.24. The second kappa shape index (κ2) is 5.63. The first-order chi connectivity index (χ1) is 8.52. The van der Waals surface area contributed by atoms with Crippen LogP contribution in [0, 0.1) is 0 Å². The zero-order valence-corrected chi connectivity index (χ0v) is 12.4. The van der Waals surface area contributed by atoms with E-state index < -0.39 is 9.84 Å². The van der Waals surface area contributed by atoms with E-state index in [9.17, 15) is 8.42 Å². The van der Waals surface area contributed by atoms with Crippen molar-refractivity contribution in [1.29, 1.82) is 0 Å². The van der Waals surface area contributed by atoms with Gasteiger partial charge in [-0.15, -0.1) is 11.8 Å². The number of hydrogen-bond donors (Lipinski definition) is 1. The molecule has 1 atom stereocenters. The van der Waals surface area contributed by atoms with Crippen LogP contribution in [-0.2, 0) is 9.84 Å². The Balaban J connectivity index is 2.39. The highest BCUT2D eigenvalue weighted by molar-refractivity contribution is 7.99. The fourth-order valence-corrected chi connectivity index (χ4v) is 4.29. The van der Waals surface area contributed by atoms with Crippen LogP contribution in [0.15, 0.2) is 28.0 Å². The summed E-state index contributed by atoms with van der Waals surface area (Å²) in [6.07, 6.45) is 6.68. The van der Waals surface area contributed by atoms with E-state index in [-0.39, 0.29) is 0 Å². The van der Waals surface area contributed by atoms with Gasteiger partial charge in [0.15, 0.2) is 9.84 Å². The van der Waals surface area contributed by atoms with Gasteiger partial charge in [0.25, 0.3) is 0 Å². The highest BCUT2D eigenvalue weighted by Gasteiger charge is 2.19. The second-order valence-electron chi connectivity index (χ2n) is 4.68. The Morgan fingerprint density at radius 3 is 2.67 bits per heavy atom. The fourth-order valence-electron chi connectivity index (χ4n) is 2.34. The molecule has 0 aromatic heterocycles. The molecule has 1 fully saturated rings. The van der Waals surface area contributed by atoms with Gasteiger partial charge in [-0.05, 0) is 43.3 Å². The molecular weight excluding hydrogens is 266 g/mol. The highest BCUT2D eigenvalue weighted by atomic mass is 32.2. The summed E-state index contributed by atoms with van der Waals surface area (Å²) in [4.78, 5) is 1.29. The van der Waals surface area contributed by atoms with Crippen molar-refractivity contribution in [2.45, 2.75) is 35.1 Å². The minimum atomic E-state index is -3.16. The molecule has 1 aliphatic rings. The van der Waals surface area contributed by atoms with E-state index in [4.69, 9.17) is 0 Å². The SMILES string of the molecule is CSc1ccc(C2CCCCN2)cc1S(C)(=O)=O. The molecule has 18 heavy (non-hydrogen) atoms. The Hall–Kier alpha value is -0.520. The smallest absolute Gasteiger partial charge is 0.176 e. The van der Waals surface area contributed by atoms with Crippen LogP contribution in [0.25, 0.3) is 0 Å². The van der Waals surface area contributed by atoms with Crippen LogP contribution in [0.3, 0.4) is 0 Å². The Morgan fingerprint density at radius 1 is 1.33 bits per heavy atom. The zero-order valence-electron chi connectivity index (χ0n) is 10.8. The summed E-state index contributed by atoms with van der Waals surface area (Å²) < 4.78 is 23.6. The predicted octanol–water partition coefficient (Wildman–Crippen LogP) is 2.63. The highest BCUT2D eigenvalue weighted by Crippen LogP contribution is 2.30. The van der Waals surface area contributed by atoms with E-state index in [1.807, 2.05) is 24.5 Å². The number of nitrogens with one attached hydrogen (secondary N) is 1. The summed E-state index contributed by atoms with van der Waals surface area (Å²) >= 11 is 1.48. The number of thioether (sulfide) groups is 1. The maximum atomic E-state index is 11.8.